The molecule has 0 aromatic heterocycles. The standard InChI is InChI=1S/C15H12ClNO4/c1-10-8-12(16)4-7-15(10)21-9-14(18)11-2-5-13(6-3-11)17(19)20/h2-8H,9H2,1H3. The van der Waals surface area contributed by atoms with Gasteiger partial charge in [0, 0.05) is 22.7 Å². The number of carbonyl (C=O) groups is 1. The molecule has 0 radical (unpaired) electrons. The molecule has 0 heterocycles. The highest BCUT2D eigenvalue weighted by Gasteiger charge is 2.11. The zero-order chi connectivity index (χ0) is 15.4. The van der Waals surface area contributed by atoms with E-state index in [0.717, 1.165) is 5.56 Å². The summed E-state index contributed by atoms with van der Waals surface area (Å²) in [6.45, 7) is 1.69. The first kappa shape index (κ1) is 15.0. The Bertz CT molecular complexity index is 683. The van der Waals surface area contributed by atoms with E-state index in [4.69, 9.17) is 16.3 Å². The molecule has 2 aromatic rings. The van der Waals surface area contributed by atoms with Crippen LogP contribution in [-0.2, 0) is 0 Å². The number of non-ortho nitro benzene ring substituents is 1. The first-order valence-electron chi connectivity index (χ1n) is 6.14. The number of nitro benzene ring substituents is 1. The highest BCUT2D eigenvalue weighted by atomic mass is 35.5. The van der Waals surface area contributed by atoms with E-state index in [1.165, 1.54) is 24.3 Å². The van der Waals surface area contributed by atoms with Gasteiger partial charge in [-0.3, -0.25) is 14.9 Å². The van der Waals surface area contributed by atoms with Crippen LogP contribution < -0.4 is 4.74 Å². The van der Waals surface area contributed by atoms with Crippen molar-refractivity contribution in [2.75, 3.05) is 6.61 Å². The van der Waals surface area contributed by atoms with Crippen LogP contribution in [0.25, 0.3) is 0 Å². The lowest BCUT2D eigenvalue weighted by molar-refractivity contribution is -0.384. The molecule has 108 valence electrons. The third-order valence-corrected chi connectivity index (χ3v) is 3.13. The molecular weight excluding hydrogens is 294 g/mol. The van der Waals surface area contributed by atoms with Crippen molar-refractivity contribution >= 4 is 23.1 Å². The maximum atomic E-state index is 12.0. The summed E-state index contributed by atoms with van der Waals surface area (Å²) in [5.74, 6) is 0.328. The fourth-order valence-corrected chi connectivity index (χ4v) is 2.00. The zero-order valence-electron chi connectivity index (χ0n) is 11.2. The quantitative estimate of drug-likeness (QED) is 0.478. The van der Waals surface area contributed by atoms with Gasteiger partial charge < -0.3 is 4.74 Å². The highest BCUT2D eigenvalue weighted by Crippen LogP contribution is 2.22. The summed E-state index contributed by atoms with van der Waals surface area (Å²) in [5, 5.41) is 11.1. The summed E-state index contributed by atoms with van der Waals surface area (Å²) in [6.07, 6.45) is 0. The maximum Gasteiger partial charge on any atom is 0.269 e. The van der Waals surface area contributed by atoms with E-state index in [1.54, 1.807) is 18.2 Å². The molecule has 0 N–H and O–H groups in total. The summed E-state index contributed by atoms with van der Waals surface area (Å²) >= 11 is 5.84. The molecule has 0 aliphatic rings. The van der Waals surface area contributed by atoms with Gasteiger partial charge in [-0.2, -0.15) is 0 Å². The number of benzene rings is 2. The van der Waals surface area contributed by atoms with Crippen LogP contribution >= 0.6 is 11.6 Å². The molecule has 2 rings (SSSR count). The second kappa shape index (κ2) is 6.37. The van der Waals surface area contributed by atoms with Crippen LogP contribution in [0.3, 0.4) is 0 Å². The first-order valence-corrected chi connectivity index (χ1v) is 6.52. The van der Waals surface area contributed by atoms with E-state index < -0.39 is 4.92 Å². The second-order valence-corrected chi connectivity index (χ2v) is 4.86. The molecule has 5 nitrogen and oxygen atoms in total. The van der Waals surface area contributed by atoms with Crippen molar-refractivity contribution in [3.8, 4) is 5.75 Å². The number of Topliss-reactive ketones (excluding diaryl/α,β-unsaturated/α-hetero) is 1. The molecule has 0 fully saturated rings. The summed E-state index contributed by atoms with van der Waals surface area (Å²) < 4.78 is 5.44. The van der Waals surface area contributed by atoms with E-state index >= 15 is 0 Å². The number of hydrogen-bond acceptors (Lipinski definition) is 4. The summed E-state index contributed by atoms with van der Waals surface area (Å²) in [5.41, 5.74) is 1.15. The Balaban J connectivity index is 2.02. The molecule has 2 aromatic carbocycles. The van der Waals surface area contributed by atoms with Gasteiger partial charge in [-0.25, -0.2) is 0 Å². The van der Waals surface area contributed by atoms with Gasteiger partial charge in [-0.05, 0) is 42.8 Å². The third-order valence-electron chi connectivity index (χ3n) is 2.90. The van der Waals surface area contributed by atoms with Crippen LogP contribution in [0.5, 0.6) is 5.75 Å². The minimum absolute atomic E-state index is 0.0546. The molecule has 0 amide bonds. The minimum atomic E-state index is -0.512. The van der Waals surface area contributed by atoms with Crippen LogP contribution in [0.1, 0.15) is 15.9 Å². The first-order chi connectivity index (χ1) is 9.97. The number of hydrogen-bond donors (Lipinski definition) is 0. The van der Waals surface area contributed by atoms with Gasteiger partial charge in [0.1, 0.15) is 5.75 Å². The predicted octanol–water partition coefficient (Wildman–Crippen LogP) is 3.82. The van der Waals surface area contributed by atoms with Crippen molar-refractivity contribution in [3.05, 3.63) is 68.7 Å². The average Bonchev–Trinajstić information content (AvgIpc) is 2.46. The number of rotatable bonds is 5. The Kier molecular flexibility index (Phi) is 4.55. The molecule has 0 saturated carbocycles. The number of nitro groups is 1. The van der Waals surface area contributed by atoms with Gasteiger partial charge in [0.15, 0.2) is 12.4 Å². The van der Waals surface area contributed by atoms with E-state index in [0.29, 0.717) is 16.3 Å². The Labute approximate surface area is 126 Å². The van der Waals surface area contributed by atoms with E-state index in [1.807, 2.05) is 6.92 Å². The van der Waals surface area contributed by atoms with Crippen molar-refractivity contribution in [3.63, 3.8) is 0 Å². The smallest absolute Gasteiger partial charge is 0.269 e. The zero-order valence-corrected chi connectivity index (χ0v) is 12.0. The summed E-state index contributed by atoms with van der Waals surface area (Å²) in [4.78, 5) is 22.0. The number of aryl methyl sites for hydroxylation is 1. The van der Waals surface area contributed by atoms with E-state index in [9.17, 15) is 14.9 Å². The van der Waals surface area contributed by atoms with Crippen molar-refractivity contribution in [2.45, 2.75) is 6.92 Å². The summed E-state index contributed by atoms with van der Waals surface area (Å²) in [6, 6.07) is 10.5. The van der Waals surface area contributed by atoms with Crippen LogP contribution in [0.15, 0.2) is 42.5 Å². The molecule has 6 heteroatoms. The topological polar surface area (TPSA) is 69.4 Å². The lowest BCUT2D eigenvalue weighted by atomic mass is 10.1. The third kappa shape index (κ3) is 3.79. The number of halogens is 1. The Morgan fingerprint density at radius 3 is 2.48 bits per heavy atom. The minimum Gasteiger partial charge on any atom is -0.485 e. The molecule has 0 spiro atoms. The largest absolute Gasteiger partial charge is 0.485 e. The van der Waals surface area contributed by atoms with Crippen LogP contribution in [0.2, 0.25) is 5.02 Å². The summed E-state index contributed by atoms with van der Waals surface area (Å²) in [7, 11) is 0. The molecule has 0 aliphatic carbocycles. The monoisotopic (exact) mass is 305 g/mol. The second-order valence-electron chi connectivity index (χ2n) is 4.43. The molecular formula is C15H12ClNO4. The molecule has 0 atom stereocenters. The lowest BCUT2D eigenvalue weighted by Crippen LogP contribution is -2.12. The Hall–Kier alpha value is -2.40. The molecule has 0 saturated heterocycles. The Morgan fingerprint density at radius 2 is 1.90 bits per heavy atom. The van der Waals surface area contributed by atoms with Crippen LogP contribution in [0.4, 0.5) is 5.69 Å². The molecule has 0 unspecified atom stereocenters. The van der Waals surface area contributed by atoms with Gasteiger partial charge in [-0.15, -0.1) is 0 Å². The molecule has 0 aliphatic heterocycles. The van der Waals surface area contributed by atoms with Gasteiger partial charge in [-0.1, -0.05) is 11.6 Å². The number of nitrogens with zero attached hydrogens (tertiary/aromatic N) is 1. The Morgan fingerprint density at radius 1 is 1.24 bits per heavy atom. The average molecular weight is 306 g/mol. The van der Waals surface area contributed by atoms with Gasteiger partial charge in [0.25, 0.3) is 5.69 Å². The van der Waals surface area contributed by atoms with Crippen LogP contribution in [-0.4, -0.2) is 17.3 Å². The lowest BCUT2D eigenvalue weighted by Gasteiger charge is -2.08. The number of ether oxygens (including phenoxy) is 1. The molecule has 21 heavy (non-hydrogen) atoms. The molecule has 0 bridgehead atoms. The van der Waals surface area contributed by atoms with Gasteiger partial charge in [0.05, 0.1) is 4.92 Å². The number of carbonyl (C=O) groups excluding carboxylic acids is 1. The highest BCUT2D eigenvalue weighted by molar-refractivity contribution is 6.30. The van der Waals surface area contributed by atoms with E-state index in [2.05, 4.69) is 0 Å². The fraction of sp³-hybridized carbons (Fsp3) is 0.133. The van der Waals surface area contributed by atoms with Crippen molar-refractivity contribution < 1.29 is 14.5 Å². The van der Waals surface area contributed by atoms with Crippen molar-refractivity contribution in [1.29, 1.82) is 0 Å². The van der Waals surface area contributed by atoms with Crippen LogP contribution in [0, 0.1) is 17.0 Å². The SMILES string of the molecule is Cc1cc(Cl)ccc1OCC(=O)c1ccc([N+](=O)[O-])cc1. The fourth-order valence-electron chi connectivity index (χ4n) is 1.77. The maximum absolute atomic E-state index is 12.0. The van der Waals surface area contributed by atoms with Crippen molar-refractivity contribution in [2.24, 2.45) is 0 Å². The number of ketones is 1. The van der Waals surface area contributed by atoms with E-state index in [-0.39, 0.29) is 18.1 Å². The normalized spacial score (nSPS) is 10.2. The van der Waals surface area contributed by atoms with Gasteiger partial charge >= 0.3 is 0 Å². The van der Waals surface area contributed by atoms with Crippen molar-refractivity contribution in [1.82, 2.24) is 0 Å². The predicted molar refractivity (Wildman–Crippen MR) is 79.1 cm³/mol. The van der Waals surface area contributed by atoms with Gasteiger partial charge in [0.2, 0.25) is 0 Å².